The number of aromatic nitrogens is 1. The second kappa shape index (κ2) is 9.85. The number of pyridine rings is 1. The number of nitrogens with zero attached hydrogens (tertiary/aromatic N) is 2. The van der Waals surface area contributed by atoms with Crippen molar-refractivity contribution in [1.29, 1.82) is 0 Å². The van der Waals surface area contributed by atoms with Gasteiger partial charge in [0.1, 0.15) is 6.04 Å². The third-order valence-corrected chi connectivity index (χ3v) is 4.81. The van der Waals surface area contributed by atoms with Crippen molar-refractivity contribution in [1.82, 2.24) is 15.2 Å². The van der Waals surface area contributed by atoms with Crippen LogP contribution in [0.4, 0.5) is 0 Å². The minimum Gasteiger partial charge on any atom is -0.350 e. The highest BCUT2D eigenvalue weighted by atomic mass is 35.5. The highest BCUT2D eigenvalue weighted by molar-refractivity contribution is 6.30. The van der Waals surface area contributed by atoms with Gasteiger partial charge in [-0.1, -0.05) is 54.1 Å². The van der Waals surface area contributed by atoms with Crippen molar-refractivity contribution in [3.8, 4) is 0 Å². The molecule has 0 spiro atoms. The molecule has 0 unspecified atom stereocenters. The second-order valence-electron chi connectivity index (χ2n) is 6.66. The maximum atomic E-state index is 13.2. The Morgan fingerprint density at radius 1 is 0.966 bits per heavy atom. The molecule has 1 heterocycles. The van der Waals surface area contributed by atoms with Gasteiger partial charge in [0, 0.05) is 37.4 Å². The predicted octanol–water partition coefficient (Wildman–Crippen LogP) is 4.14. The number of amides is 2. The van der Waals surface area contributed by atoms with Gasteiger partial charge >= 0.3 is 0 Å². The van der Waals surface area contributed by atoms with Gasteiger partial charge in [-0.15, -0.1) is 0 Å². The quantitative estimate of drug-likeness (QED) is 0.640. The lowest BCUT2D eigenvalue weighted by atomic mass is 10.0. The zero-order chi connectivity index (χ0) is 20.6. The molecule has 1 atom stereocenters. The highest BCUT2D eigenvalue weighted by Gasteiger charge is 2.29. The van der Waals surface area contributed by atoms with E-state index in [1.807, 2.05) is 54.6 Å². The summed E-state index contributed by atoms with van der Waals surface area (Å²) in [6, 6.07) is 19.5. The molecular weight excluding hydrogens is 386 g/mol. The summed E-state index contributed by atoms with van der Waals surface area (Å²) in [5, 5.41) is 3.57. The van der Waals surface area contributed by atoms with Crippen LogP contribution in [0.5, 0.6) is 0 Å². The van der Waals surface area contributed by atoms with E-state index >= 15 is 0 Å². The van der Waals surface area contributed by atoms with Crippen LogP contribution < -0.4 is 5.32 Å². The van der Waals surface area contributed by atoms with Crippen LogP contribution in [0.25, 0.3) is 0 Å². The first-order chi connectivity index (χ1) is 14.0. The molecule has 0 aliphatic carbocycles. The molecule has 2 aromatic carbocycles. The smallest absolute Gasteiger partial charge is 0.247 e. The fraction of sp³-hybridized carbons (Fsp3) is 0.174. The van der Waals surface area contributed by atoms with E-state index in [1.54, 1.807) is 29.4 Å². The molecule has 0 bridgehead atoms. The van der Waals surface area contributed by atoms with Crippen LogP contribution >= 0.6 is 11.6 Å². The number of rotatable bonds is 7. The molecule has 0 aliphatic heterocycles. The summed E-state index contributed by atoms with van der Waals surface area (Å²) in [5.74, 6) is -0.426. The third-order valence-electron chi connectivity index (χ3n) is 4.56. The van der Waals surface area contributed by atoms with E-state index in [9.17, 15) is 9.59 Å². The van der Waals surface area contributed by atoms with Crippen LogP contribution in [0.3, 0.4) is 0 Å². The number of halogens is 1. The molecule has 29 heavy (non-hydrogen) atoms. The maximum Gasteiger partial charge on any atom is 0.247 e. The molecule has 148 valence electrons. The highest BCUT2D eigenvalue weighted by Crippen LogP contribution is 2.24. The van der Waals surface area contributed by atoms with Crippen LogP contribution in [0.2, 0.25) is 5.02 Å². The van der Waals surface area contributed by atoms with Gasteiger partial charge < -0.3 is 10.2 Å². The molecule has 0 fully saturated rings. The Kier molecular flexibility index (Phi) is 6.98. The molecule has 0 aliphatic rings. The molecule has 1 aromatic heterocycles. The van der Waals surface area contributed by atoms with Gasteiger partial charge in [0.15, 0.2) is 0 Å². The van der Waals surface area contributed by atoms with Gasteiger partial charge in [-0.3, -0.25) is 14.6 Å². The van der Waals surface area contributed by atoms with Crippen LogP contribution in [-0.2, 0) is 22.7 Å². The Balaban J connectivity index is 1.86. The lowest BCUT2D eigenvalue weighted by molar-refractivity contribution is -0.140. The zero-order valence-corrected chi connectivity index (χ0v) is 16.8. The topological polar surface area (TPSA) is 62.3 Å². The van der Waals surface area contributed by atoms with Crippen molar-refractivity contribution in [3.05, 3.63) is 101 Å². The Morgan fingerprint density at radius 3 is 2.24 bits per heavy atom. The van der Waals surface area contributed by atoms with Crippen molar-refractivity contribution in [2.75, 3.05) is 0 Å². The summed E-state index contributed by atoms with van der Waals surface area (Å²) < 4.78 is 0. The lowest BCUT2D eigenvalue weighted by Crippen LogP contribution is -2.42. The first-order valence-electron chi connectivity index (χ1n) is 9.28. The minimum absolute atomic E-state index is 0.187. The van der Waals surface area contributed by atoms with Crippen LogP contribution in [0.15, 0.2) is 79.1 Å². The van der Waals surface area contributed by atoms with Gasteiger partial charge in [0.05, 0.1) is 0 Å². The van der Waals surface area contributed by atoms with E-state index in [2.05, 4.69) is 10.3 Å². The summed E-state index contributed by atoms with van der Waals surface area (Å²) in [4.78, 5) is 31.2. The van der Waals surface area contributed by atoms with E-state index in [0.29, 0.717) is 18.1 Å². The van der Waals surface area contributed by atoms with Crippen molar-refractivity contribution >= 4 is 23.4 Å². The van der Waals surface area contributed by atoms with E-state index in [4.69, 9.17) is 11.6 Å². The SMILES string of the molecule is CC(=O)N(Cc1ccc(Cl)cc1)[C@@H](C(=O)NCc1ccncc1)c1ccccc1. The van der Waals surface area contributed by atoms with Crippen molar-refractivity contribution in [3.63, 3.8) is 0 Å². The summed E-state index contributed by atoms with van der Waals surface area (Å²) in [5.41, 5.74) is 2.59. The standard InChI is InChI=1S/C23H22ClN3O2/c1-17(28)27(16-19-7-9-21(24)10-8-19)22(20-5-3-2-4-6-20)23(29)26-15-18-11-13-25-14-12-18/h2-14,22H,15-16H2,1H3,(H,26,29)/t22-/m1/s1. The van der Waals surface area contributed by atoms with E-state index in [-0.39, 0.29) is 11.8 Å². The molecule has 2 amide bonds. The van der Waals surface area contributed by atoms with Crippen LogP contribution in [-0.4, -0.2) is 21.7 Å². The molecule has 0 radical (unpaired) electrons. The molecule has 6 heteroatoms. The summed E-state index contributed by atoms with van der Waals surface area (Å²) in [6.45, 7) is 2.13. The maximum absolute atomic E-state index is 13.2. The first kappa shape index (κ1) is 20.6. The normalized spacial score (nSPS) is 11.5. The third kappa shape index (κ3) is 5.65. The Labute approximate surface area is 175 Å². The Morgan fingerprint density at radius 2 is 1.62 bits per heavy atom. The number of nitrogens with one attached hydrogen (secondary N) is 1. The molecule has 0 saturated carbocycles. The number of hydrogen-bond donors (Lipinski definition) is 1. The molecule has 3 aromatic rings. The Bertz CT molecular complexity index is 947. The number of carbonyl (C=O) groups is 2. The zero-order valence-electron chi connectivity index (χ0n) is 16.1. The van der Waals surface area contributed by atoms with Crippen LogP contribution in [0, 0.1) is 0 Å². The number of carbonyl (C=O) groups excluding carboxylic acids is 2. The van der Waals surface area contributed by atoms with Crippen molar-refractivity contribution in [2.45, 2.75) is 26.1 Å². The summed E-state index contributed by atoms with van der Waals surface area (Å²) >= 11 is 5.97. The van der Waals surface area contributed by atoms with Crippen LogP contribution in [0.1, 0.15) is 29.7 Å². The Hall–Kier alpha value is -3.18. The fourth-order valence-electron chi connectivity index (χ4n) is 3.07. The molecular formula is C23H22ClN3O2. The monoisotopic (exact) mass is 407 g/mol. The largest absolute Gasteiger partial charge is 0.350 e. The number of benzene rings is 2. The second-order valence-corrected chi connectivity index (χ2v) is 7.10. The molecule has 3 rings (SSSR count). The fourth-order valence-corrected chi connectivity index (χ4v) is 3.19. The molecule has 0 saturated heterocycles. The van der Waals surface area contributed by atoms with Gasteiger partial charge in [-0.05, 0) is 41.0 Å². The molecule has 1 N–H and O–H groups in total. The average molecular weight is 408 g/mol. The van der Waals surface area contributed by atoms with Gasteiger partial charge in [-0.25, -0.2) is 0 Å². The first-order valence-corrected chi connectivity index (χ1v) is 9.65. The average Bonchev–Trinajstić information content (AvgIpc) is 2.74. The minimum atomic E-state index is -0.744. The lowest BCUT2D eigenvalue weighted by Gasteiger charge is -2.30. The predicted molar refractivity (Wildman–Crippen MR) is 113 cm³/mol. The number of hydrogen-bond acceptors (Lipinski definition) is 3. The van der Waals surface area contributed by atoms with Gasteiger partial charge in [0.2, 0.25) is 11.8 Å². The van der Waals surface area contributed by atoms with E-state index < -0.39 is 6.04 Å². The molecule has 5 nitrogen and oxygen atoms in total. The summed E-state index contributed by atoms with van der Waals surface area (Å²) in [6.07, 6.45) is 3.36. The van der Waals surface area contributed by atoms with Crippen molar-refractivity contribution < 1.29 is 9.59 Å². The van der Waals surface area contributed by atoms with Gasteiger partial charge in [0.25, 0.3) is 0 Å². The van der Waals surface area contributed by atoms with Gasteiger partial charge in [-0.2, -0.15) is 0 Å². The van der Waals surface area contributed by atoms with E-state index in [0.717, 1.165) is 16.7 Å². The van der Waals surface area contributed by atoms with Crippen molar-refractivity contribution in [2.24, 2.45) is 0 Å². The summed E-state index contributed by atoms with van der Waals surface area (Å²) in [7, 11) is 0. The van der Waals surface area contributed by atoms with E-state index in [1.165, 1.54) is 6.92 Å².